The van der Waals surface area contributed by atoms with Crippen molar-refractivity contribution >= 4 is 38.4 Å². The number of aliphatic imine (C=N–C) groups is 1. The maximum absolute atomic E-state index is 12.4. The Morgan fingerprint density at radius 3 is 2.63 bits per heavy atom. The SMILES string of the molecule is CC1CCN(CCCNC(=O)c2ccc(NC3=N[C@H]4CS(=O)(=O)C[C@H]4S3)cc2)CC1. The lowest BCUT2D eigenvalue weighted by atomic mass is 9.99. The number of amides is 1. The average Bonchev–Trinajstić information content (AvgIpc) is 3.19. The van der Waals surface area contributed by atoms with Crippen LogP contribution < -0.4 is 10.6 Å². The van der Waals surface area contributed by atoms with Gasteiger partial charge in [0, 0.05) is 23.0 Å². The van der Waals surface area contributed by atoms with E-state index in [2.05, 4.69) is 27.4 Å². The molecule has 164 valence electrons. The normalized spacial score (nSPS) is 26.2. The van der Waals surface area contributed by atoms with Gasteiger partial charge in [-0.2, -0.15) is 0 Å². The van der Waals surface area contributed by atoms with Gasteiger partial charge >= 0.3 is 0 Å². The van der Waals surface area contributed by atoms with Gasteiger partial charge in [0.15, 0.2) is 15.0 Å². The predicted molar refractivity (Wildman–Crippen MR) is 123 cm³/mol. The van der Waals surface area contributed by atoms with Gasteiger partial charge in [-0.15, -0.1) is 0 Å². The number of piperidine rings is 1. The standard InChI is InChI=1S/C21H30N4O3S2/c1-15-7-11-25(12-8-15)10-2-9-22-20(26)16-3-5-17(6-4-16)23-21-24-18-13-30(27,28)14-19(18)29-21/h3-6,15,18-19H,2,7-14H2,1H3,(H,22,26)(H,23,24)/t18-,19+/m0/s1. The molecule has 4 rings (SSSR count). The molecular weight excluding hydrogens is 420 g/mol. The van der Waals surface area contributed by atoms with Gasteiger partial charge in [-0.25, -0.2) is 8.42 Å². The highest BCUT2D eigenvalue weighted by atomic mass is 32.2. The molecule has 1 aromatic carbocycles. The van der Waals surface area contributed by atoms with Gasteiger partial charge < -0.3 is 15.5 Å². The summed E-state index contributed by atoms with van der Waals surface area (Å²) in [4.78, 5) is 19.3. The number of carbonyl (C=O) groups excluding carboxylic acids is 1. The van der Waals surface area contributed by atoms with Crippen LogP contribution in [0.25, 0.3) is 0 Å². The van der Waals surface area contributed by atoms with Crippen LogP contribution >= 0.6 is 11.8 Å². The van der Waals surface area contributed by atoms with E-state index in [1.165, 1.54) is 37.7 Å². The number of nitrogens with one attached hydrogen (secondary N) is 2. The van der Waals surface area contributed by atoms with E-state index in [0.29, 0.717) is 12.1 Å². The first-order chi connectivity index (χ1) is 14.4. The zero-order valence-corrected chi connectivity index (χ0v) is 19.0. The fraction of sp³-hybridized carbons (Fsp3) is 0.619. The molecule has 0 aromatic heterocycles. The molecule has 2 atom stereocenters. The predicted octanol–water partition coefficient (Wildman–Crippen LogP) is 2.22. The molecule has 3 heterocycles. The summed E-state index contributed by atoms with van der Waals surface area (Å²) in [5.41, 5.74) is 1.48. The average molecular weight is 451 g/mol. The molecule has 1 aromatic rings. The Morgan fingerprint density at radius 1 is 1.20 bits per heavy atom. The van der Waals surface area contributed by atoms with E-state index in [9.17, 15) is 13.2 Å². The van der Waals surface area contributed by atoms with Crippen LogP contribution in [-0.4, -0.2) is 73.4 Å². The summed E-state index contributed by atoms with van der Waals surface area (Å²) in [7, 11) is -2.94. The number of hydrogen-bond donors (Lipinski definition) is 2. The second-order valence-electron chi connectivity index (χ2n) is 8.57. The highest BCUT2D eigenvalue weighted by Gasteiger charge is 2.42. The van der Waals surface area contributed by atoms with Crippen molar-refractivity contribution in [3.05, 3.63) is 29.8 Å². The van der Waals surface area contributed by atoms with Crippen LogP contribution in [0.2, 0.25) is 0 Å². The zero-order valence-electron chi connectivity index (χ0n) is 17.3. The molecule has 0 unspecified atom stereocenters. The summed E-state index contributed by atoms with van der Waals surface area (Å²) in [6, 6.07) is 7.18. The molecule has 2 N–H and O–H groups in total. The summed E-state index contributed by atoms with van der Waals surface area (Å²) in [6.07, 6.45) is 3.52. The molecule has 0 radical (unpaired) electrons. The van der Waals surface area contributed by atoms with Gasteiger partial charge in [-0.3, -0.25) is 9.79 Å². The number of thioether (sulfide) groups is 1. The number of fused-ring (bicyclic) bond motifs is 1. The van der Waals surface area contributed by atoms with Crippen molar-refractivity contribution < 1.29 is 13.2 Å². The number of nitrogens with zero attached hydrogens (tertiary/aromatic N) is 2. The molecule has 2 fully saturated rings. The second-order valence-corrected chi connectivity index (χ2v) is 12.0. The summed E-state index contributed by atoms with van der Waals surface area (Å²) in [6.45, 7) is 6.38. The quantitative estimate of drug-likeness (QED) is 0.646. The zero-order chi connectivity index (χ0) is 21.1. The smallest absolute Gasteiger partial charge is 0.251 e. The Kier molecular flexibility index (Phi) is 6.69. The van der Waals surface area contributed by atoms with Gasteiger partial charge in [-0.1, -0.05) is 18.7 Å². The summed E-state index contributed by atoms with van der Waals surface area (Å²) < 4.78 is 23.3. The molecule has 9 heteroatoms. The first-order valence-corrected chi connectivity index (χ1v) is 13.4. The maximum atomic E-state index is 12.4. The molecular formula is C21H30N4O3S2. The summed E-state index contributed by atoms with van der Waals surface area (Å²) in [5, 5.41) is 7.02. The van der Waals surface area contributed by atoms with Crippen molar-refractivity contribution in [2.45, 2.75) is 37.5 Å². The van der Waals surface area contributed by atoms with E-state index >= 15 is 0 Å². The first-order valence-electron chi connectivity index (χ1n) is 10.7. The van der Waals surface area contributed by atoms with Crippen molar-refractivity contribution in [3.8, 4) is 0 Å². The third-order valence-corrected chi connectivity index (χ3v) is 9.17. The van der Waals surface area contributed by atoms with Crippen molar-refractivity contribution in [2.24, 2.45) is 10.9 Å². The number of hydrogen-bond acceptors (Lipinski definition) is 7. The Hall–Kier alpha value is -1.58. The summed E-state index contributed by atoms with van der Waals surface area (Å²) in [5.74, 6) is 1.13. The molecule has 1 amide bonds. The monoisotopic (exact) mass is 450 g/mol. The van der Waals surface area contributed by atoms with Gasteiger partial charge in [0.1, 0.15) is 0 Å². The lowest BCUT2D eigenvalue weighted by molar-refractivity contribution is 0.0950. The van der Waals surface area contributed by atoms with E-state index in [0.717, 1.165) is 29.7 Å². The number of carbonyl (C=O) groups is 1. The van der Waals surface area contributed by atoms with Crippen LogP contribution in [0.3, 0.4) is 0 Å². The number of benzene rings is 1. The van der Waals surface area contributed by atoms with Crippen LogP contribution in [0.5, 0.6) is 0 Å². The third kappa shape index (κ3) is 5.56. The van der Waals surface area contributed by atoms with Crippen LogP contribution in [0.1, 0.15) is 36.5 Å². The van der Waals surface area contributed by atoms with Crippen molar-refractivity contribution in [1.29, 1.82) is 0 Å². The van der Waals surface area contributed by atoms with Crippen molar-refractivity contribution in [1.82, 2.24) is 10.2 Å². The summed E-state index contributed by atoms with van der Waals surface area (Å²) >= 11 is 1.49. The number of sulfone groups is 1. The molecule has 2 saturated heterocycles. The van der Waals surface area contributed by atoms with Gasteiger partial charge in [-0.05, 0) is 69.1 Å². The highest BCUT2D eigenvalue weighted by Crippen LogP contribution is 2.34. The van der Waals surface area contributed by atoms with Crippen LogP contribution in [0, 0.1) is 5.92 Å². The minimum absolute atomic E-state index is 0.0240. The highest BCUT2D eigenvalue weighted by molar-refractivity contribution is 8.15. The Morgan fingerprint density at radius 2 is 1.93 bits per heavy atom. The first kappa shape index (κ1) is 21.6. The topological polar surface area (TPSA) is 90.9 Å². The van der Waals surface area contributed by atoms with E-state index in [4.69, 9.17) is 0 Å². The number of rotatable bonds is 6. The minimum Gasteiger partial charge on any atom is -0.352 e. The Balaban J connectivity index is 1.19. The number of likely N-dealkylation sites (tertiary alicyclic amines) is 1. The van der Waals surface area contributed by atoms with Crippen molar-refractivity contribution in [3.63, 3.8) is 0 Å². The van der Waals surface area contributed by atoms with Crippen LogP contribution in [-0.2, 0) is 9.84 Å². The molecule has 3 aliphatic rings. The molecule has 3 aliphatic heterocycles. The molecule has 0 saturated carbocycles. The molecule has 0 bridgehead atoms. The fourth-order valence-corrected chi connectivity index (χ4v) is 7.81. The van der Waals surface area contributed by atoms with E-state index in [1.54, 1.807) is 12.1 Å². The fourth-order valence-electron chi connectivity index (χ4n) is 4.14. The third-order valence-electron chi connectivity index (χ3n) is 6.03. The van der Waals surface area contributed by atoms with Gasteiger partial charge in [0.05, 0.1) is 17.5 Å². The van der Waals surface area contributed by atoms with E-state index in [1.807, 2.05) is 12.1 Å². The van der Waals surface area contributed by atoms with Crippen LogP contribution in [0.15, 0.2) is 29.3 Å². The van der Waals surface area contributed by atoms with Gasteiger partial charge in [0.2, 0.25) is 0 Å². The number of amidine groups is 1. The molecule has 30 heavy (non-hydrogen) atoms. The largest absolute Gasteiger partial charge is 0.352 e. The van der Waals surface area contributed by atoms with E-state index < -0.39 is 9.84 Å². The lowest BCUT2D eigenvalue weighted by Crippen LogP contribution is -2.35. The second kappa shape index (κ2) is 9.28. The maximum Gasteiger partial charge on any atom is 0.251 e. The Labute approximate surface area is 183 Å². The molecule has 7 nitrogen and oxygen atoms in total. The van der Waals surface area contributed by atoms with Gasteiger partial charge in [0.25, 0.3) is 5.91 Å². The number of anilines is 1. The lowest BCUT2D eigenvalue weighted by Gasteiger charge is -2.30. The molecule has 0 spiro atoms. The Bertz CT molecular complexity index is 893. The molecule has 0 aliphatic carbocycles. The van der Waals surface area contributed by atoms with Crippen LogP contribution in [0.4, 0.5) is 5.69 Å². The van der Waals surface area contributed by atoms with Crippen molar-refractivity contribution in [2.75, 3.05) is 43.0 Å². The minimum atomic E-state index is -2.94. The van der Waals surface area contributed by atoms with E-state index in [-0.39, 0.29) is 28.7 Å².